The number of nitrogens with zero attached hydrogens (tertiary/aromatic N) is 3. The molecule has 5 heteroatoms. The van der Waals surface area contributed by atoms with Crippen molar-refractivity contribution < 1.29 is 4.79 Å². The number of piperazine rings is 1. The average molecular weight is 298 g/mol. The number of carbonyl (C=O) groups excluding carboxylic acids is 1. The van der Waals surface area contributed by atoms with Crippen molar-refractivity contribution in [3.05, 3.63) is 53.3 Å². The number of amides is 1. The molecule has 0 saturated carbocycles. The van der Waals surface area contributed by atoms with Gasteiger partial charge in [-0.2, -0.15) is 5.10 Å². The fourth-order valence-electron chi connectivity index (χ4n) is 2.83. The fraction of sp³-hybridized carbons (Fsp3) is 0.412. The molecular weight excluding hydrogens is 276 g/mol. The second-order valence-corrected chi connectivity index (χ2v) is 5.86. The quantitative estimate of drug-likeness (QED) is 0.933. The largest absolute Gasteiger partial charge is 0.340 e. The van der Waals surface area contributed by atoms with Crippen LogP contribution >= 0.6 is 0 Å². The molecule has 2 aromatic rings. The maximum absolute atomic E-state index is 12.3. The summed E-state index contributed by atoms with van der Waals surface area (Å²) in [5.41, 5.74) is 3.15. The molecule has 3 rings (SSSR count). The van der Waals surface area contributed by atoms with Gasteiger partial charge in [0.1, 0.15) is 0 Å². The van der Waals surface area contributed by atoms with Crippen molar-refractivity contribution in [3.63, 3.8) is 0 Å². The predicted molar refractivity (Wildman–Crippen MR) is 85.3 cm³/mol. The van der Waals surface area contributed by atoms with E-state index >= 15 is 0 Å². The van der Waals surface area contributed by atoms with E-state index in [0.29, 0.717) is 6.42 Å². The normalized spacial score (nSPS) is 16.0. The van der Waals surface area contributed by atoms with Gasteiger partial charge >= 0.3 is 0 Å². The molecule has 0 radical (unpaired) electrons. The molecule has 22 heavy (non-hydrogen) atoms. The molecule has 0 unspecified atom stereocenters. The molecule has 1 aromatic heterocycles. The summed E-state index contributed by atoms with van der Waals surface area (Å²) in [6.07, 6.45) is 0.392. The van der Waals surface area contributed by atoms with Gasteiger partial charge in [0.15, 0.2) is 0 Å². The van der Waals surface area contributed by atoms with E-state index in [2.05, 4.69) is 39.4 Å². The van der Waals surface area contributed by atoms with Crippen LogP contribution in [0.2, 0.25) is 0 Å². The van der Waals surface area contributed by atoms with Crippen molar-refractivity contribution in [2.24, 2.45) is 0 Å². The molecule has 0 bridgehead atoms. The summed E-state index contributed by atoms with van der Waals surface area (Å²) in [5, 5.41) is 7.02. The molecule has 1 aliphatic heterocycles. The van der Waals surface area contributed by atoms with E-state index in [1.807, 2.05) is 24.0 Å². The van der Waals surface area contributed by atoms with Crippen LogP contribution in [0, 0.1) is 6.92 Å². The molecule has 2 heterocycles. The summed E-state index contributed by atoms with van der Waals surface area (Å²) in [5.74, 6) is 0.172. The molecule has 5 nitrogen and oxygen atoms in total. The number of hydrogen-bond donors (Lipinski definition) is 1. The molecule has 1 saturated heterocycles. The first-order valence-corrected chi connectivity index (χ1v) is 7.75. The van der Waals surface area contributed by atoms with E-state index in [1.54, 1.807) is 0 Å². The number of rotatable bonds is 4. The molecule has 0 aliphatic carbocycles. The number of H-pyrrole nitrogens is 1. The zero-order valence-electron chi connectivity index (χ0n) is 13.0. The Hall–Kier alpha value is -2.14. The zero-order chi connectivity index (χ0) is 15.4. The predicted octanol–water partition coefficient (Wildman–Crippen LogP) is 1.61. The minimum Gasteiger partial charge on any atom is -0.340 e. The Morgan fingerprint density at radius 3 is 2.55 bits per heavy atom. The third-order valence-corrected chi connectivity index (χ3v) is 4.07. The molecule has 116 valence electrons. The second-order valence-electron chi connectivity index (χ2n) is 5.86. The maximum atomic E-state index is 12.3. The van der Waals surface area contributed by atoms with Crippen molar-refractivity contribution in [3.8, 4) is 0 Å². The summed E-state index contributed by atoms with van der Waals surface area (Å²) in [7, 11) is 0. The molecular formula is C17H22N4O. The molecule has 0 atom stereocenters. The van der Waals surface area contributed by atoms with E-state index in [0.717, 1.165) is 44.1 Å². The molecule has 1 aromatic carbocycles. The highest BCUT2D eigenvalue weighted by Crippen LogP contribution is 2.10. The van der Waals surface area contributed by atoms with Gasteiger partial charge in [0.05, 0.1) is 12.1 Å². The van der Waals surface area contributed by atoms with Crippen LogP contribution in [-0.4, -0.2) is 52.1 Å². The van der Waals surface area contributed by atoms with E-state index in [9.17, 15) is 4.79 Å². The molecule has 1 aliphatic rings. The number of aryl methyl sites for hydroxylation is 1. The van der Waals surface area contributed by atoms with Gasteiger partial charge in [-0.1, -0.05) is 30.3 Å². The summed E-state index contributed by atoms with van der Waals surface area (Å²) >= 11 is 0. The monoisotopic (exact) mass is 298 g/mol. The topological polar surface area (TPSA) is 52.2 Å². The second kappa shape index (κ2) is 6.75. The van der Waals surface area contributed by atoms with E-state index in [4.69, 9.17) is 0 Å². The van der Waals surface area contributed by atoms with Crippen molar-refractivity contribution in [2.45, 2.75) is 19.9 Å². The van der Waals surface area contributed by atoms with Crippen LogP contribution < -0.4 is 0 Å². The molecule has 1 fully saturated rings. The van der Waals surface area contributed by atoms with Gasteiger partial charge in [0.25, 0.3) is 0 Å². The molecule has 1 amide bonds. The first kappa shape index (κ1) is 14.8. The van der Waals surface area contributed by atoms with Gasteiger partial charge in [0, 0.05) is 38.4 Å². The lowest BCUT2D eigenvalue weighted by Gasteiger charge is -2.34. The maximum Gasteiger partial charge on any atom is 0.228 e. The van der Waals surface area contributed by atoms with Crippen LogP contribution in [0.5, 0.6) is 0 Å². The Bertz CT molecular complexity index is 615. The number of nitrogens with one attached hydrogen (secondary N) is 1. The first-order valence-electron chi connectivity index (χ1n) is 7.75. The fourth-order valence-corrected chi connectivity index (χ4v) is 2.83. The smallest absolute Gasteiger partial charge is 0.228 e. The number of carbonyl (C=O) groups is 1. The van der Waals surface area contributed by atoms with Gasteiger partial charge in [-0.15, -0.1) is 0 Å². The minimum absolute atomic E-state index is 0.172. The Balaban J connectivity index is 1.48. The minimum atomic E-state index is 0.172. The first-order chi connectivity index (χ1) is 10.7. The standard InChI is InChI=1S/C17H22N4O/c1-14-11-16(19-18-14)12-17(22)21-9-7-20(8-10-21)13-15-5-3-2-4-6-15/h2-6,11H,7-10,12-13H2,1H3,(H,18,19). The van der Waals surface area contributed by atoms with Gasteiger partial charge in [-0.05, 0) is 18.6 Å². The summed E-state index contributed by atoms with van der Waals surface area (Å²) in [6, 6.07) is 12.4. The van der Waals surface area contributed by atoms with Gasteiger partial charge in [0.2, 0.25) is 5.91 Å². The van der Waals surface area contributed by atoms with E-state index < -0.39 is 0 Å². The van der Waals surface area contributed by atoms with Crippen LogP contribution in [0.1, 0.15) is 17.0 Å². The van der Waals surface area contributed by atoms with Crippen molar-refractivity contribution in [2.75, 3.05) is 26.2 Å². The third-order valence-electron chi connectivity index (χ3n) is 4.07. The van der Waals surface area contributed by atoms with Crippen LogP contribution in [-0.2, 0) is 17.8 Å². The van der Waals surface area contributed by atoms with Crippen molar-refractivity contribution in [1.29, 1.82) is 0 Å². The highest BCUT2D eigenvalue weighted by atomic mass is 16.2. The Morgan fingerprint density at radius 1 is 1.18 bits per heavy atom. The highest BCUT2D eigenvalue weighted by molar-refractivity contribution is 5.78. The lowest BCUT2D eigenvalue weighted by atomic mass is 10.2. The Kier molecular flexibility index (Phi) is 4.53. The van der Waals surface area contributed by atoms with Gasteiger partial charge < -0.3 is 4.90 Å². The van der Waals surface area contributed by atoms with Crippen molar-refractivity contribution >= 4 is 5.91 Å². The van der Waals surface area contributed by atoms with Crippen LogP contribution in [0.25, 0.3) is 0 Å². The SMILES string of the molecule is Cc1cc(CC(=O)N2CCN(Cc3ccccc3)CC2)n[nH]1. The number of aromatic nitrogens is 2. The molecule has 1 N–H and O–H groups in total. The van der Waals surface area contributed by atoms with E-state index in [-0.39, 0.29) is 5.91 Å². The lowest BCUT2D eigenvalue weighted by molar-refractivity contribution is -0.132. The highest BCUT2D eigenvalue weighted by Gasteiger charge is 2.21. The number of hydrogen-bond acceptors (Lipinski definition) is 3. The summed E-state index contributed by atoms with van der Waals surface area (Å²) < 4.78 is 0. The van der Waals surface area contributed by atoms with Gasteiger partial charge in [-0.25, -0.2) is 0 Å². The lowest BCUT2D eigenvalue weighted by Crippen LogP contribution is -2.48. The Morgan fingerprint density at radius 2 is 1.91 bits per heavy atom. The van der Waals surface area contributed by atoms with Crippen LogP contribution in [0.4, 0.5) is 0 Å². The number of benzene rings is 1. The number of aromatic amines is 1. The Labute approximate surface area is 130 Å². The zero-order valence-corrected chi connectivity index (χ0v) is 13.0. The summed E-state index contributed by atoms with van der Waals surface area (Å²) in [6.45, 7) is 6.37. The average Bonchev–Trinajstić information content (AvgIpc) is 2.94. The van der Waals surface area contributed by atoms with Crippen molar-refractivity contribution in [1.82, 2.24) is 20.0 Å². The van der Waals surface area contributed by atoms with E-state index in [1.165, 1.54) is 5.56 Å². The van der Waals surface area contributed by atoms with Crippen LogP contribution in [0.3, 0.4) is 0 Å². The third kappa shape index (κ3) is 3.74. The van der Waals surface area contributed by atoms with Crippen LogP contribution in [0.15, 0.2) is 36.4 Å². The van der Waals surface area contributed by atoms with Gasteiger partial charge in [-0.3, -0.25) is 14.8 Å². The molecule has 0 spiro atoms. The summed E-state index contributed by atoms with van der Waals surface area (Å²) in [4.78, 5) is 16.6.